The Balaban J connectivity index is 0.00000324. The molecule has 0 atom stereocenters. The number of ether oxygens (including phenoxy) is 1. The molecule has 1 heterocycles. The molecule has 19 heavy (non-hydrogen) atoms. The van der Waals surface area contributed by atoms with Crippen molar-refractivity contribution in [3.05, 3.63) is 0 Å². The van der Waals surface area contributed by atoms with Gasteiger partial charge in [-0.2, -0.15) is 0 Å². The number of hydrogen-bond acceptors (Lipinski definition) is 5. The Morgan fingerprint density at radius 1 is 1.42 bits per heavy atom. The zero-order valence-corrected chi connectivity index (χ0v) is 13.3. The average Bonchev–Trinajstić information content (AvgIpc) is 2.28. The van der Waals surface area contributed by atoms with Gasteiger partial charge < -0.3 is 15.0 Å². The van der Waals surface area contributed by atoms with Crippen LogP contribution in [0.3, 0.4) is 0 Å². The summed E-state index contributed by atoms with van der Waals surface area (Å²) >= 11 is 0. The molecule has 0 radical (unpaired) electrons. The zero-order valence-electron chi connectivity index (χ0n) is 11.6. The Morgan fingerprint density at radius 2 is 2.05 bits per heavy atom. The molecule has 8 heteroatoms. The van der Waals surface area contributed by atoms with Gasteiger partial charge in [-0.05, 0) is 13.8 Å². The van der Waals surface area contributed by atoms with E-state index in [0.29, 0.717) is 13.2 Å². The number of rotatable bonds is 5. The fourth-order valence-corrected chi connectivity index (χ4v) is 3.20. The van der Waals surface area contributed by atoms with Gasteiger partial charge in [-0.1, -0.05) is 0 Å². The fourth-order valence-electron chi connectivity index (χ4n) is 1.84. The topological polar surface area (TPSA) is 75.7 Å². The number of halogens is 1. The highest BCUT2D eigenvalue weighted by Crippen LogP contribution is 2.23. The smallest absolute Gasteiger partial charge is 0.236 e. The fraction of sp³-hybridized carbons (Fsp3) is 0.909. The Bertz CT molecular complexity index is 397. The molecule has 1 aliphatic heterocycles. The van der Waals surface area contributed by atoms with Crippen LogP contribution in [-0.4, -0.2) is 69.6 Å². The maximum absolute atomic E-state index is 11.9. The van der Waals surface area contributed by atoms with E-state index < -0.39 is 14.6 Å². The molecule has 0 bridgehead atoms. The first kappa shape index (κ1) is 18.6. The van der Waals surface area contributed by atoms with Crippen molar-refractivity contribution in [1.82, 2.24) is 10.2 Å². The Kier molecular flexibility index (Phi) is 7.28. The maximum Gasteiger partial charge on any atom is 0.236 e. The predicted molar refractivity (Wildman–Crippen MR) is 76.4 cm³/mol. The second kappa shape index (κ2) is 7.42. The van der Waals surface area contributed by atoms with Gasteiger partial charge >= 0.3 is 0 Å². The van der Waals surface area contributed by atoms with Gasteiger partial charge in [0.15, 0.2) is 9.84 Å². The Labute approximate surface area is 121 Å². The number of carbonyl (C=O) groups excluding carboxylic acids is 1. The van der Waals surface area contributed by atoms with E-state index in [9.17, 15) is 13.2 Å². The molecule has 1 rings (SSSR count). The van der Waals surface area contributed by atoms with Gasteiger partial charge in [-0.15, -0.1) is 12.4 Å². The largest absolute Gasteiger partial charge is 0.383 e. The van der Waals surface area contributed by atoms with Crippen LogP contribution in [0.4, 0.5) is 0 Å². The summed E-state index contributed by atoms with van der Waals surface area (Å²) in [5, 5.41) is 2.97. The summed E-state index contributed by atoms with van der Waals surface area (Å²) in [6.07, 6.45) is 0. The van der Waals surface area contributed by atoms with Crippen LogP contribution < -0.4 is 5.32 Å². The van der Waals surface area contributed by atoms with Gasteiger partial charge in [-0.25, -0.2) is 8.42 Å². The van der Waals surface area contributed by atoms with E-state index in [1.54, 1.807) is 25.9 Å². The number of methoxy groups -OCH3 is 1. The molecule has 1 amide bonds. The van der Waals surface area contributed by atoms with Crippen LogP contribution in [0.15, 0.2) is 0 Å². The Hall–Kier alpha value is -0.370. The van der Waals surface area contributed by atoms with E-state index in [4.69, 9.17) is 4.74 Å². The monoisotopic (exact) mass is 314 g/mol. The van der Waals surface area contributed by atoms with Gasteiger partial charge in [0, 0.05) is 26.7 Å². The quantitative estimate of drug-likeness (QED) is 0.704. The number of nitrogens with one attached hydrogen (secondary N) is 1. The lowest BCUT2D eigenvalue weighted by molar-refractivity contribution is -0.130. The molecule has 1 saturated heterocycles. The van der Waals surface area contributed by atoms with Crippen LogP contribution in [0, 0.1) is 0 Å². The molecule has 6 nitrogen and oxygen atoms in total. The van der Waals surface area contributed by atoms with E-state index in [0.717, 1.165) is 0 Å². The van der Waals surface area contributed by atoms with Crippen LogP contribution in [0.2, 0.25) is 0 Å². The first-order valence-corrected chi connectivity index (χ1v) is 7.65. The van der Waals surface area contributed by atoms with Crippen molar-refractivity contribution >= 4 is 28.2 Å². The summed E-state index contributed by atoms with van der Waals surface area (Å²) in [6, 6.07) is 0. The molecule has 1 aliphatic rings. The second-order valence-electron chi connectivity index (χ2n) is 5.06. The summed E-state index contributed by atoms with van der Waals surface area (Å²) < 4.78 is 27.6. The molecule has 0 spiro atoms. The molecule has 0 saturated carbocycles. The van der Waals surface area contributed by atoms with E-state index in [1.165, 1.54) is 0 Å². The average molecular weight is 315 g/mol. The third kappa shape index (κ3) is 4.91. The molecule has 0 aromatic heterocycles. The second-order valence-corrected chi connectivity index (χ2v) is 7.81. The minimum absolute atomic E-state index is 0. The lowest BCUT2D eigenvalue weighted by atomic mass is 10.2. The van der Waals surface area contributed by atoms with E-state index >= 15 is 0 Å². The third-order valence-electron chi connectivity index (χ3n) is 3.16. The highest BCUT2D eigenvalue weighted by molar-refractivity contribution is 7.92. The summed E-state index contributed by atoms with van der Waals surface area (Å²) in [5.41, 5.74) is 0. The third-order valence-corrected chi connectivity index (χ3v) is 5.69. The molecular weight excluding hydrogens is 292 g/mol. The number of amides is 1. The predicted octanol–water partition coefficient (Wildman–Crippen LogP) is -0.320. The van der Waals surface area contributed by atoms with Gasteiger partial charge in [0.25, 0.3) is 0 Å². The summed E-state index contributed by atoms with van der Waals surface area (Å²) in [4.78, 5) is 13.5. The van der Waals surface area contributed by atoms with E-state index in [2.05, 4.69) is 5.32 Å². The molecular formula is C11H23ClN2O4S. The van der Waals surface area contributed by atoms with Crippen LogP contribution in [0.25, 0.3) is 0 Å². The van der Waals surface area contributed by atoms with Crippen LogP contribution in [0.5, 0.6) is 0 Å². The molecule has 0 aromatic carbocycles. The van der Waals surface area contributed by atoms with Crippen molar-refractivity contribution in [1.29, 1.82) is 0 Å². The number of nitrogens with zero attached hydrogens (tertiary/aromatic N) is 1. The lowest BCUT2D eigenvalue weighted by Crippen LogP contribution is -2.56. The van der Waals surface area contributed by atoms with E-state index in [-0.39, 0.29) is 43.7 Å². The lowest BCUT2D eigenvalue weighted by Gasteiger charge is -2.37. The highest BCUT2D eigenvalue weighted by Gasteiger charge is 2.41. The summed E-state index contributed by atoms with van der Waals surface area (Å²) in [7, 11) is -1.49. The molecule has 1 fully saturated rings. The first-order chi connectivity index (χ1) is 8.30. The molecule has 0 aliphatic carbocycles. The molecule has 114 valence electrons. The van der Waals surface area contributed by atoms with Gasteiger partial charge in [0.2, 0.25) is 5.91 Å². The highest BCUT2D eigenvalue weighted by atomic mass is 35.5. The number of hydrogen-bond donors (Lipinski definition) is 1. The zero-order chi connectivity index (χ0) is 13.8. The minimum atomic E-state index is -3.09. The van der Waals surface area contributed by atoms with Crippen molar-refractivity contribution in [2.24, 2.45) is 0 Å². The van der Waals surface area contributed by atoms with Crippen molar-refractivity contribution in [3.8, 4) is 0 Å². The van der Waals surface area contributed by atoms with Gasteiger partial charge in [-0.3, -0.25) is 4.79 Å². The number of sulfone groups is 1. The van der Waals surface area contributed by atoms with Crippen molar-refractivity contribution in [3.63, 3.8) is 0 Å². The maximum atomic E-state index is 11.9. The van der Waals surface area contributed by atoms with Crippen molar-refractivity contribution < 1.29 is 17.9 Å². The molecule has 1 N–H and O–H groups in total. The first-order valence-electron chi connectivity index (χ1n) is 6.00. The van der Waals surface area contributed by atoms with Gasteiger partial charge in [0.05, 0.1) is 23.7 Å². The van der Waals surface area contributed by atoms with Crippen molar-refractivity contribution in [2.75, 3.05) is 45.6 Å². The van der Waals surface area contributed by atoms with Crippen LogP contribution in [0.1, 0.15) is 13.8 Å². The number of carbonyl (C=O) groups is 1. The minimum Gasteiger partial charge on any atom is -0.383 e. The van der Waals surface area contributed by atoms with Crippen LogP contribution >= 0.6 is 12.4 Å². The standard InChI is InChI=1S/C11H22N2O4S.ClH/c1-11(2)9-13(5-7-18(11,15)16)10(14)8-12-4-6-17-3;/h12H,4-9H2,1-3H3;1H. The summed E-state index contributed by atoms with van der Waals surface area (Å²) in [5.74, 6) is -0.0156. The van der Waals surface area contributed by atoms with E-state index in [1.807, 2.05) is 0 Å². The SMILES string of the molecule is COCCNCC(=O)N1CCS(=O)(=O)C(C)(C)C1.Cl. The molecule has 0 aromatic rings. The molecule has 0 unspecified atom stereocenters. The van der Waals surface area contributed by atoms with Gasteiger partial charge in [0.1, 0.15) is 0 Å². The summed E-state index contributed by atoms with van der Waals surface area (Å²) in [6.45, 7) is 5.27. The van der Waals surface area contributed by atoms with Crippen molar-refractivity contribution in [2.45, 2.75) is 18.6 Å². The van der Waals surface area contributed by atoms with Crippen LogP contribution in [-0.2, 0) is 19.4 Å². The Morgan fingerprint density at radius 3 is 2.58 bits per heavy atom. The normalized spacial score (nSPS) is 20.7.